The molecule has 0 unspecified atom stereocenters. The van der Waals surface area contributed by atoms with Crippen LogP contribution in [0, 0.1) is 0 Å². The Labute approximate surface area is 104 Å². The summed E-state index contributed by atoms with van der Waals surface area (Å²) in [5, 5.41) is 3.19. The van der Waals surface area contributed by atoms with Gasteiger partial charge >= 0.3 is 0 Å². The van der Waals surface area contributed by atoms with Gasteiger partial charge in [0.15, 0.2) is 0 Å². The van der Waals surface area contributed by atoms with Gasteiger partial charge in [-0.2, -0.15) is 0 Å². The highest BCUT2D eigenvalue weighted by Gasteiger charge is 2.04. The number of aromatic nitrogens is 2. The number of aromatic amines is 1. The van der Waals surface area contributed by atoms with Crippen molar-refractivity contribution < 1.29 is 4.79 Å². The van der Waals surface area contributed by atoms with Gasteiger partial charge in [-0.05, 0) is 18.2 Å². The van der Waals surface area contributed by atoms with Gasteiger partial charge in [0.2, 0.25) is 5.91 Å². The molecule has 1 amide bonds. The standard InChI is InChI=1S/C12H15N5O/c13-10-5-8(12(14)18)1-2-11(10)16-4-3-9-6-15-7-17-9/h1-2,5-7,16H,3-4,13H2,(H2,14,18)(H,15,17). The summed E-state index contributed by atoms with van der Waals surface area (Å²) < 4.78 is 0. The van der Waals surface area contributed by atoms with E-state index in [1.54, 1.807) is 30.7 Å². The van der Waals surface area contributed by atoms with Crippen LogP contribution in [-0.4, -0.2) is 22.4 Å². The molecule has 0 aliphatic heterocycles. The summed E-state index contributed by atoms with van der Waals surface area (Å²) in [7, 11) is 0. The number of carbonyl (C=O) groups is 1. The van der Waals surface area contributed by atoms with Crippen molar-refractivity contribution in [3.8, 4) is 0 Å². The van der Waals surface area contributed by atoms with Crippen LogP contribution in [0.1, 0.15) is 16.1 Å². The second-order valence-corrected chi connectivity index (χ2v) is 3.92. The van der Waals surface area contributed by atoms with Crippen molar-refractivity contribution in [2.75, 3.05) is 17.6 Å². The molecule has 6 N–H and O–H groups in total. The number of anilines is 2. The molecule has 0 saturated carbocycles. The third-order valence-corrected chi connectivity index (χ3v) is 2.60. The second-order valence-electron chi connectivity index (χ2n) is 3.92. The summed E-state index contributed by atoms with van der Waals surface area (Å²) in [5.41, 5.74) is 13.8. The maximum atomic E-state index is 11.0. The van der Waals surface area contributed by atoms with Crippen molar-refractivity contribution >= 4 is 17.3 Å². The predicted molar refractivity (Wildman–Crippen MR) is 70.2 cm³/mol. The highest BCUT2D eigenvalue weighted by Crippen LogP contribution is 2.19. The number of imidazole rings is 1. The zero-order chi connectivity index (χ0) is 13.0. The van der Waals surface area contributed by atoms with Crippen molar-refractivity contribution in [3.63, 3.8) is 0 Å². The first-order valence-electron chi connectivity index (χ1n) is 5.57. The van der Waals surface area contributed by atoms with E-state index in [1.165, 1.54) is 0 Å². The molecule has 2 rings (SSSR count). The molecule has 1 heterocycles. The summed E-state index contributed by atoms with van der Waals surface area (Å²) in [6, 6.07) is 4.97. The minimum Gasteiger partial charge on any atom is -0.397 e. The Kier molecular flexibility index (Phi) is 3.47. The SMILES string of the molecule is NC(=O)c1ccc(NCCc2cnc[nH]2)c(N)c1. The van der Waals surface area contributed by atoms with E-state index in [-0.39, 0.29) is 0 Å². The van der Waals surface area contributed by atoms with Crippen LogP contribution >= 0.6 is 0 Å². The monoisotopic (exact) mass is 245 g/mol. The molecular weight excluding hydrogens is 230 g/mol. The van der Waals surface area contributed by atoms with Crippen LogP contribution in [0.15, 0.2) is 30.7 Å². The number of amides is 1. The Morgan fingerprint density at radius 2 is 2.28 bits per heavy atom. The molecule has 0 radical (unpaired) electrons. The number of nitrogens with one attached hydrogen (secondary N) is 2. The zero-order valence-electron chi connectivity index (χ0n) is 9.81. The van der Waals surface area contributed by atoms with Crippen molar-refractivity contribution in [3.05, 3.63) is 42.0 Å². The summed E-state index contributed by atoms with van der Waals surface area (Å²) in [6.07, 6.45) is 4.24. The molecule has 0 spiro atoms. The highest BCUT2D eigenvalue weighted by atomic mass is 16.1. The third kappa shape index (κ3) is 2.79. The van der Waals surface area contributed by atoms with E-state index in [2.05, 4.69) is 15.3 Å². The Morgan fingerprint density at radius 3 is 2.89 bits per heavy atom. The minimum atomic E-state index is -0.481. The molecule has 0 aliphatic carbocycles. The quantitative estimate of drug-likeness (QED) is 0.582. The van der Waals surface area contributed by atoms with E-state index in [4.69, 9.17) is 11.5 Å². The molecule has 1 aromatic carbocycles. The first-order valence-corrected chi connectivity index (χ1v) is 5.57. The van der Waals surface area contributed by atoms with E-state index in [9.17, 15) is 4.79 Å². The number of nitrogen functional groups attached to an aromatic ring is 1. The number of H-pyrrole nitrogens is 1. The van der Waals surface area contributed by atoms with Gasteiger partial charge in [-0.25, -0.2) is 4.98 Å². The number of nitrogens with zero attached hydrogens (tertiary/aromatic N) is 1. The van der Waals surface area contributed by atoms with Gasteiger partial charge in [0.25, 0.3) is 0 Å². The van der Waals surface area contributed by atoms with E-state index >= 15 is 0 Å². The van der Waals surface area contributed by atoms with Crippen LogP contribution in [-0.2, 0) is 6.42 Å². The van der Waals surface area contributed by atoms with Gasteiger partial charge < -0.3 is 21.8 Å². The van der Waals surface area contributed by atoms with E-state index < -0.39 is 5.91 Å². The molecule has 0 atom stereocenters. The fourth-order valence-electron chi connectivity index (χ4n) is 1.63. The number of rotatable bonds is 5. The Bertz CT molecular complexity index is 535. The molecule has 6 nitrogen and oxygen atoms in total. The van der Waals surface area contributed by atoms with Gasteiger partial charge in [-0.3, -0.25) is 4.79 Å². The summed E-state index contributed by atoms with van der Waals surface area (Å²) in [4.78, 5) is 17.9. The molecule has 0 saturated heterocycles. The lowest BCUT2D eigenvalue weighted by Gasteiger charge is -2.09. The largest absolute Gasteiger partial charge is 0.397 e. The zero-order valence-corrected chi connectivity index (χ0v) is 9.81. The maximum Gasteiger partial charge on any atom is 0.248 e. The minimum absolute atomic E-state index is 0.409. The van der Waals surface area contributed by atoms with Crippen molar-refractivity contribution in [2.24, 2.45) is 5.73 Å². The Hall–Kier alpha value is -2.50. The molecule has 0 fully saturated rings. The van der Waals surface area contributed by atoms with Crippen LogP contribution in [0.2, 0.25) is 0 Å². The summed E-state index contributed by atoms with van der Waals surface area (Å²) >= 11 is 0. The van der Waals surface area contributed by atoms with Crippen LogP contribution < -0.4 is 16.8 Å². The van der Waals surface area contributed by atoms with Crippen molar-refractivity contribution in [1.29, 1.82) is 0 Å². The average Bonchev–Trinajstić information content (AvgIpc) is 2.84. The van der Waals surface area contributed by atoms with Gasteiger partial charge in [0.05, 0.1) is 17.7 Å². The number of benzene rings is 1. The smallest absolute Gasteiger partial charge is 0.248 e. The van der Waals surface area contributed by atoms with Crippen LogP contribution in [0.25, 0.3) is 0 Å². The number of primary amides is 1. The highest BCUT2D eigenvalue weighted by molar-refractivity contribution is 5.94. The molecule has 6 heteroatoms. The number of hydrogen-bond acceptors (Lipinski definition) is 4. The molecule has 2 aromatic rings. The van der Waals surface area contributed by atoms with Crippen LogP contribution in [0.3, 0.4) is 0 Å². The number of hydrogen-bond donors (Lipinski definition) is 4. The van der Waals surface area contributed by atoms with Crippen molar-refractivity contribution in [2.45, 2.75) is 6.42 Å². The first-order chi connectivity index (χ1) is 8.66. The molecule has 18 heavy (non-hydrogen) atoms. The van der Waals surface area contributed by atoms with Gasteiger partial charge in [-0.15, -0.1) is 0 Å². The fourth-order valence-corrected chi connectivity index (χ4v) is 1.63. The van der Waals surface area contributed by atoms with E-state index in [0.717, 1.165) is 24.3 Å². The van der Waals surface area contributed by atoms with E-state index in [0.29, 0.717) is 11.3 Å². The number of nitrogens with two attached hydrogens (primary N) is 2. The van der Waals surface area contributed by atoms with Gasteiger partial charge in [-0.1, -0.05) is 0 Å². The maximum absolute atomic E-state index is 11.0. The van der Waals surface area contributed by atoms with Crippen LogP contribution in [0.5, 0.6) is 0 Å². The number of carbonyl (C=O) groups excluding carboxylic acids is 1. The lowest BCUT2D eigenvalue weighted by molar-refractivity contribution is 0.100. The normalized spacial score (nSPS) is 10.2. The lowest BCUT2D eigenvalue weighted by atomic mass is 10.1. The molecule has 0 bridgehead atoms. The van der Waals surface area contributed by atoms with Gasteiger partial charge in [0, 0.05) is 30.4 Å². The summed E-state index contributed by atoms with van der Waals surface area (Å²) in [5.74, 6) is -0.481. The first kappa shape index (κ1) is 12.0. The second kappa shape index (κ2) is 5.22. The van der Waals surface area contributed by atoms with Crippen LogP contribution in [0.4, 0.5) is 11.4 Å². The Morgan fingerprint density at radius 1 is 1.44 bits per heavy atom. The Balaban J connectivity index is 1.95. The molecular formula is C12H15N5O. The molecule has 94 valence electrons. The fraction of sp³-hybridized carbons (Fsp3) is 0.167. The molecule has 1 aromatic heterocycles. The topological polar surface area (TPSA) is 110 Å². The molecule has 0 aliphatic rings. The third-order valence-electron chi connectivity index (χ3n) is 2.60. The van der Waals surface area contributed by atoms with Gasteiger partial charge in [0.1, 0.15) is 0 Å². The lowest BCUT2D eigenvalue weighted by Crippen LogP contribution is -2.12. The average molecular weight is 245 g/mol. The van der Waals surface area contributed by atoms with E-state index in [1.807, 2.05) is 0 Å². The summed E-state index contributed by atoms with van der Waals surface area (Å²) in [6.45, 7) is 0.725. The van der Waals surface area contributed by atoms with Crippen molar-refractivity contribution in [1.82, 2.24) is 9.97 Å². The predicted octanol–water partition coefficient (Wildman–Crippen LogP) is 0.745.